The topological polar surface area (TPSA) is 66.0 Å². The molecule has 30 heavy (non-hydrogen) atoms. The molecule has 1 unspecified atom stereocenters. The van der Waals surface area contributed by atoms with E-state index in [4.69, 9.17) is 4.74 Å². The van der Waals surface area contributed by atoms with Crippen molar-refractivity contribution in [3.63, 3.8) is 0 Å². The van der Waals surface area contributed by atoms with Crippen LogP contribution in [0.2, 0.25) is 0 Å². The molecule has 2 rings (SSSR count). The van der Waals surface area contributed by atoms with Crippen LogP contribution in [-0.4, -0.2) is 49.6 Å². The molecule has 1 amide bonds. The lowest BCUT2D eigenvalue weighted by atomic mass is 10.1. The van der Waals surface area contributed by atoms with Crippen LogP contribution in [0.25, 0.3) is 0 Å². The highest BCUT2D eigenvalue weighted by Crippen LogP contribution is 2.13. The molecule has 162 valence electrons. The van der Waals surface area contributed by atoms with Gasteiger partial charge in [0.1, 0.15) is 17.7 Å². The predicted octanol–water partition coefficient (Wildman–Crippen LogP) is 3.44. The number of aliphatic imine (C=N–C) groups is 1. The van der Waals surface area contributed by atoms with E-state index in [0.717, 1.165) is 5.56 Å². The minimum absolute atomic E-state index is 0.0456. The summed E-state index contributed by atoms with van der Waals surface area (Å²) in [6, 6.07) is 13.7. The summed E-state index contributed by atoms with van der Waals surface area (Å²) in [7, 11) is 1.69. The first kappa shape index (κ1) is 23.2. The van der Waals surface area contributed by atoms with Crippen molar-refractivity contribution in [2.24, 2.45) is 4.99 Å². The molecular formula is C23H31FN4O2. The summed E-state index contributed by atoms with van der Waals surface area (Å²) in [5.41, 5.74) is 1.73. The summed E-state index contributed by atoms with van der Waals surface area (Å²) in [4.78, 5) is 18.4. The third-order valence-corrected chi connectivity index (χ3v) is 4.63. The second-order valence-electron chi connectivity index (χ2n) is 6.87. The summed E-state index contributed by atoms with van der Waals surface area (Å²) >= 11 is 0. The number of ether oxygens (including phenoxy) is 1. The van der Waals surface area contributed by atoms with E-state index in [9.17, 15) is 9.18 Å². The number of benzene rings is 2. The van der Waals surface area contributed by atoms with Gasteiger partial charge < -0.3 is 20.3 Å². The molecule has 0 saturated carbocycles. The van der Waals surface area contributed by atoms with E-state index in [1.54, 1.807) is 24.1 Å². The van der Waals surface area contributed by atoms with Gasteiger partial charge in [0.15, 0.2) is 5.96 Å². The molecule has 2 aromatic rings. The van der Waals surface area contributed by atoms with Crippen LogP contribution in [0.4, 0.5) is 4.39 Å². The van der Waals surface area contributed by atoms with Gasteiger partial charge in [0.25, 0.3) is 5.91 Å². The summed E-state index contributed by atoms with van der Waals surface area (Å²) in [5, 5.41) is 6.43. The minimum atomic E-state index is -0.324. The zero-order valence-electron chi connectivity index (χ0n) is 18.1. The summed E-state index contributed by atoms with van der Waals surface area (Å²) in [6.45, 7) is 8.32. The number of halogens is 1. The number of carbonyl (C=O) groups excluding carboxylic acids is 1. The first-order valence-corrected chi connectivity index (χ1v) is 10.2. The fourth-order valence-corrected chi connectivity index (χ4v) is 2.92. The second-order valence-corrected chi connectivity index (χ2v) is 6.87. The molecule has 0 radical (unpaired) electrons. The van der Waals surface area contributed by atoms with Crippen molar-refractivity contribution in [3.8, 4) is 5.75 Å². The van der Waals surface area contributed by atoms with Crippen LogP contribution in [0.3, 0.4) is 0 Å². The smallest absolute Gasteiger partial charge is 0.253 e. The Morgan fingerprint density at radius 2 is 1.83 bits per heavy atom. The molecule has 2 N–H and O–H groups in total. The Hall–Kier alpha value is -3.09. The Labute approximate surface area is 178 Å². The zero-order valence-corrected chi connectivity index (χ0v) is 18.1. The maximum atomic E-state index is 13.2. The predicted molar refractivity (Wildman–Crippen MR) is 118 cm³/mol. The molecule has 0 aromatic heterocycles. The van der Waals surface area contributed by atoms with E-state index < -0.39 is 0 Å². The molecule has 0 heterocycles. The number of nitrogens with zero attached hydrogens (tertiary/aromatic N) is 2. The van der Waals surface area contributed by atoms with E-state index >= 15 is 0 Å². The Morgan fingerprint density at radius 1 is 1.13 bits per heavy atom. The fraction of sp³-hybridized carbons (Fsp3) is 0.391. The highest BCUT2D eigenvalue weighted by atomic mass is 19.1. The van der Waals surface area contributed by atoms with Crippen molar-refractivity contribution in [2.75, 3.05) is 26.7 Å². The summed E-state index contributed by atoms with van der Waals surface area (Å²) < 4.78 is 19.0. The van der Waals surface area contributed by atoms with Crippen molar-refractivity contribution in [1.29, 1.82) is 0 Å². The van der Waals surface area contributed by atoms with E-state index in [1.807, 2.05) is 45.0 Å². The molecule has 0 bridgehead atoms. The summed E-state index contributed by atoms with van der Waals surface area (Å²) in [6.07, 6.45) is -0.171. The van der Waals surface area contributed by atoms with Gasteiger partial charge in [-0.05, 0) is 50.6 Å². The first-order chi connectivity index (χ1) is 14.5. The van der Waals surface area contributed by atoms with Crippen LogP contribution in [0.1, 0.15) is 36.7 Å². The Morgan fingerprint density at radius 3 is 2.43 bits per heavy atom. The van der Waals surface area contributed by atoms with E-state index in [1.165, 1.54) is 12.1 Å². The standard InChI is InChI=1S/C23H31FN4O2/c1-5-28(6-2)22(29)19-12-10-18(11-13-19)16-27-23(25-4)26-15-17(3)30-21-9-7-8-20(24)14-21/h7-14,17H,5-6,15-16H2,1-4H3,(H2,25,26,27). The van der Waals surface area contributed by atoms with Gasteiger partial charge in [0.2, 0.25) is 0 Å². The van der Waals surface area contributed by atoms with Crippen LogP contribution in [0, 0.1) is 5.82 Å². The molecule has 0 fully saturated rings. The third kappa shape index (κ3) is 7.06. The largest absolute Gasteiger partial charge is 0.489 e. The molecule has 0 aliphatic rings. The van der Waals surface area contributed by atoms with Gasteiger partial charge in [-0.15, -0.1) is 0 Å². The molecule has 7 heteroatoms. The van der Waals surface area contributed by atoms with Crippen molar-refractivity contribution in [3.05, 3.63) is 65.5 Å². The molecule has 0 aliphatic heterocycles. The molecule has 0 aliphatic carbocycles. The zero-order chi connectivity index (χ0) is 21.9. The first-order valence-electron chi connectivity index (χ1n) is 10.2. The molecule has 2 aromatic carbocycles. The SMILES string of the molecule is CCN(CC)C(=O)c1ccc(CNC(=NC)NCC(C)Oc2cccc(F)c2)cc1. The van der Waals surface area contributed by atoms with Crippen molar-refractivity contribution in [1.82, 2.24) is 15.5 Å². The van der Waals surface area contributed by atoms with Crippen LogP contribution >= 0.6 is 0 Å². The number of hydrogen-bond donors (Lipinski definition) is 2. The quantitative estimate of drug-likeness (QED) is 0.487. The lowest BCUT2D eigenvalue weighted by Gasteiger charge is -2.19. The number of guanidine groups is 1. The molecule has 0 spiro atoms. The van der Waals surface area contributed by atoms with Crippen molar-refractivity contribution >= 4 is 11.9 Å². The van der Waals surface area contributed by atoms with Gasteiger partial charge in [-0.25, -0.2) is 4.39 Å². The Balaban J connectivity index is 1.81. The number of carbonyl (C=O) groups is 1. The van der Waals surface area contributed by atoms with Crippen molar-refractivity contribution < 1.29 is 13.9 Å². The number of hydrogen-bond acceptors (Lipinski definition) is 3. The monoisotopic (exact) mass is 414 g/mol. The highest BCUT2D eigenvalue weighted by Gasteiger charge is 2.12. The van der Waals surface area contributed by atoms with E-state index in [2.05, 4.69) is 15.6 Å². The summed E-state index contributed by atoms with van der Waals surface area (Å²) in [5.74, 6) is 0.846. The fourth-order valence-electron chi connectivity index (χ4n) is 2.92. The minimum Gasteiger partial charge on any atom is -0.489 e. The molecule has 1 atom stereocenters. The Bertz CT molecular complexity index is 835. The Kier molecular flexibility index (Phi) is 9.12. The average molecular weight is 415 g/mol. The van der Waals surface area contributed by atoms with Crippen LogP contribution in [0.5, 0.6) is 5.75 Å². The van der Waals surface area contributed by atoms with Gasteiger partial charge in [-0.1, -0.05) is 18.2 Å². The maximum Gasteiger partial charge on any atom is 0.253 e. The number of amides is 1. The van der Waals surface area contributed by atoms with Crippen LogP contribution in [0.15, 0.2) is 53.5 Å². The van der Waals surface area contributed by atoms with Crippen LogP contribution < -0.4 is 15.4 Å². The van der Waals surface area contributed by atoms with Gasteiger partial charge in [0, 0.05) is 38.3 Å². The van der Waals surface area contributed by atoms with Crippen molar-refractivity contribution in [2.45, 2.75) is 33.4 Å². The van der Waals surface area contributed by atoms with Crippen LogP contribution in [-0.2, 0) is 6.54 Å². The van der Waals surface area contributed by atoms with Gasteiger partial charge >= 0.3 is 0 Å². The van der Waals surface area contributed by atoms with Gasteiger partial charge in [-0.3, -0.25) is 9.79 Å². The number of nitrogens with one attached hydrogen (secondary N) is 2. The third-order valence-electron chi connectivity index (χ3n) is 4.63. The second kappa shape index (κ2) is 11.8. The lowest BCUT2D eigenvalue weighted by molar-refractivity contribution is 0.0773. The molecule has 0 saturated heterocycles. The highest BCUT2D eigenvalue weighted by molar-refractivity contribution is 5.94. The van der Waals surface area contributed by atoms with E-state index in [-0.39, 0.29) is 17.8 Å². The van der Waals surface area contributed by atoms with Gasteiger partial charge in [-0.2, -0.15) is 0 Å². The number of rotatable bonds is 9. The lowest BCUT2D eigenvalue weighted by Crippen LogP contribution is -2.41. The van der Waals surface area contributed by atoms with Gasteiger partial charge in [0.05, 0.1) is 6.54 Å². The molecule has 6 nitrogen and oxygen atoms in total. The normalized spacial score (nSPS) is 12.2. The average Bonchev–Trinajstić information content (AvgIpc) is 2.75. The van der Waals surface area contributed by atoms with E-state index in [0.29, 0.717) is 43.5 Å². The molecular weight excluding hydrogens is 383 g/mol. The maximum absolute atomic E-state index is 13.2.